The summed E-state index contributed by atoms with van der Waals surface area (Å²) in [6, 6.07) is 18.3. The SMILES string of the molecule is CSN(CC(N)=O)c1cc(Cl)cc(C(=O)NCc2ccc(C#N)cc2NCc2ccccc2F)c1. The fourth-order valence-electron chi connectivity index (χ4n) is 3.33. The monoisotopic (exact) mass is 511 g/mol. The molecule has 0 atom stereocenters. The Balaban J connectivity index is 1.77. The molecule has 180 valence electrons. The van der Waals surface area contributed by atoms with E-state index in [-0.39, 0.29) is 31.4 Å². The van der Waals surface area contributed by atoms with Crippen LogP contribution >= 0.6 is 23.5 Å². The maximum absolute atomic E-state index is 14.0. The molecule has 0 fully saturated rings. The first-order valence-electron chi connectivity index (χ1n) is 10.5. The molecule has 0 aliphatic carbocycles. The number of nitrogens with zero attached hydrogens (tertiary/aromatic N) is 2. The van der Waals surface area contributed by atoms with Crippen LogP contribution in [0.15, 0.2) is 60.7 Å². The summed E-state index contributed by atoms with van der Waals surface area (Å²) in [5.74, 6) is -1.22. The first-order valence-corrected chi connectivity index (χ1v) is 12.1. The molecule has 4 N–H and O–H groups in total. The molecule has 0 heterocycles. The van der Waals surface area contributed by atoms with Crippen molar-refractivity contribution in [2.45, 2.75) is 13.1 Å². The quantitative estimate of drug-likeness (QED) is 0.346. The molecule has 0 aliphatic rings. The van der Waals surface area contributed by atoms with Crippen LogP contribution in [-0.2, 0) is 17.9 Å². The number of halogens is 2. The summed E-state index contributed by atoms with van der Waals surface area (Å²) in [5.41, 5.74) is 8.42. The van der Waals surface area contributed by atoms with E-state index in [1.165, 1.54) is 24.1 Å². The molecule has 0 bridgehead atoms. The van der Waals surface area contributed by atoms with Gasteiger partial charge in [0.2, 0.25) is 5.91 Å². The van der Waals surface area contributed by atoms with Crippen LogP contribution in [0.2, 0.25) is 5.02 Å². The molecule has 10 heteroatoms. The van der Waals surface area contributed by atoms with Crippen LogP contribution in [0.25, 0.3) is 0 Å². The summed E-state index contributed by atoms with van der Waals surface area (Å²) >= 11 is 7.50. The zero-order valence-corrected chi connectivity index (χ0v) is 20.4. The van der Waals surface area contributed by atoms with E-state index in [1.54, 1.807) is 59.1 Å². The van der Waals surface area contributed by atoms with Crippen molar-refractivity contribution >= 4 is 46.7 Å². The summed E-state index contributed by atoms with van der Waals surface area (Å²) < 4.78 is 15.6. The van der Waals surface area contributed by atoms with E-state index in [0.717, 1.165) is 5.56 Å². The highest BCUT2D eigenvalue weighted by Crippen LogP contribution is 2.26. The number of nitrogens with two attached hydrogens (primary N) is 1. The van der Waals surface area contributed by atoms with Crippen molar-refractivity contribution in [3.8, 4) is 6.07 Å². The largest absolute Gasteiger partial charge is 0.381 e. The number of anilines is 2. The minimum absolute atomic E-state index is 0.0369. The third-order valence-electron chi connectivity index (χ3n) is 5.06. The molecule has 7 nitrogen and oxygen atoms in total. The van der Waals surface area contributed by atoms with Crippen LogP contribution < -0.4 is 20.7 Å². The first-order chi connectivity index (χ1) is 16.8. The van der Waals surface area contributed by atoms with Gasteiger partial charge in [-0.05, 0) is 42.0 Å². The molecule has 3 aromatic carbocycles. The van der Waals surface area contributed by atoms with Crippen molar-refractivity contribution in [2.75, 3.05) is 22.4 Å². The lowest BCUT2D eigenvalue weighted by Gasteiger charge is -2.21. The number of carbonyl (C=O) groups is 2. The Morgan fingerprint density at radius 2 is 1.89 bits per heavy atom. The Kier molecular flexibility index (Phi) is 8.95. The Bertz CT molecular complexity index is 1280. The minimum Gasteiger partial charge on any atom is -0.381 e. The number of benzene rings is 3. The van der Waals surface area contributed by atoms with Crippen LogP contribution in [0, 0.1) is 17.1 Å². The highest BCUT2D eigenvalue weighted by Gasteiger charge is 2.15. The lowest BCUT2D eigenvalue weighted by Crippen LogP contribution is -2.29. The topological polar surface area (TPSA) is 111 Å². The second-order valence-corrected chi connectivity index (χ2v) is 8.74. The number of nitriles is 1. The summed E-state index contributed by atoms with van der Waals surface area (Å²) in [5, 5.41) is 15.6. The van der Waals surface area contributed by atoms with Gasteiger partial charge < -0.3 is 20.7 Å². The van der Waals surface area contributed by atoms with E-state index in [0.29, 0.717) is 33.1 Å². The maximum atomic E-state index is 14.0. The fourth-order valence-corrected chi connectivity index (χ4v) is 4.13. The minimum atomic E-state index is -0.512. The number of nitrogens with one attached hydrogen (secondary N) is 2. The fraction of sp³-hybridized carbons (Fsp3) is 0.160. The molecule has 3 rings (SSSR count). The molecule has 35 heavy (non-hydrogen) atoms. The van der Waals surface area contributed by atoms with E-state index in [2.05, 4.69) is 16.7 Å². The highest BCUT2D eigenvalue weighted by atomic mass is 35.5. The second kappa shape index (κ2) is 12.1. The van der Waals surface area contributed by atoms with Crippen molar-refractivity contribution in [3.63, 3.8) is 0 Å². The van der Waals surface area contributed by atoms with Gasteiger partial charge >= 0.3 is 0 Å². The number of rotatable bonds is 10. The van der Waals surface area contributed by atoms with E-state index in [9.17, 15) is 19.2 Å². The standard InChI is InChI=1S/C25H23ClFN5O2S/c1-35-32(15-24(29)33)21-10-19(9-20(26)11-21)25(34)31-14-18-7-6-16(12-28)8-23(18)30-13-17-4-2-3-5-22(17)27/h2-11,30H,13-15H2,1H3,(H2,29,33)(H,31,34). The number of amides is 2. The van der Waals surface area contributed by atoms with Crippen molar-refractivity contribution in [1.82, 2.24) is 5.32 Å². The van der Waals surface area contributed by atoms with Gasteiger partial charge in [-0.2, -0.15) is 5.26 Å². The average molecular weight is 512 g/mol. The molecular formula is C25H23ClFN5O2S. The first kappa shape index (κ1) is 25.9. The van der Waals surface area contributed by atoms with Gasteiger partial charge in [0.1, 0.15) is 12.4 Å². The smallest absolute Gasteiger partial charge is 0.251 e. The van der Waals surface area contributed by atoms with Crippen LogP contribution in [-0.4, -0.2) is 24.6 Å². The third-order valence-corrected chi connectivity index (χ3v) is 6.06. The van der Waals surface area contributed by atoms with Gasteiger partial charge in [-0.15, -0.1) is 0 Å². The van der Waals surface area contributed by atoms with Gasteiger partial charge in [-0.25, -0.2) is 4.39 Å². The van der Waals surface area contributed by atoms with E-state index < -0.39 is 5.91 Å². The molecule has 3 aromatic rings. The average Bonchev–Trinajstić information content (AvgIpc) is 2.85. The molecule has 0 aromatic heterocycles. The number of hydrogen-bond donors (Lipinski definition) is 3. The predicted molar refractivity (Wildman–Crippen MR) is 138 cm³/mol. The van der Waals surface area contributed by atoms with Gasteiger partial charge in [0.05, 0.1) is 11.6 Å². The zero-order chi connectivity index (χ0) is 25.4. The van der Waals surface area contributed by atoms with Crippen LogP contribution in [0.5, 0.6) is 0 Å². The van der Waals surface area contributed by atoms with Gasteiger partial charge in [-0.1, -0.05) is 47.8 Å². The second-order valence-electron chi connectivity index (χ2n) is 7.49. The van der Waals surface area contributed by atoms with Crippen molar-refractivity contribution in [3.05, 3.63) is 93.8 Å². The number of primary amides is 1. The van der Waals surface area contributed by atoms with Crippen LogP contribution in [0.3, 0.4) is 0 Å². The summed E-state index contributed by atoms with van der Waals surface area (Å²) in [6.45, 7) is 0.328. The van der Waals surface area contributed by atoms with E-state index in [4.69, 9.17) is 17.3 Å². The predicted octanol–water partition coefficient (Wildman–Crippen LogP) is 4.46. The molecule has 0 saturated carbocycles. The molecule has 0 radical (unpaired) electrons. The third kappa shape index (κ3) is 7.12. The van der Waals surface area contributed by atoms with E-state index in [1.807, 2.05) is 0 Å². The molecule has 0 spiro atoms. The molecule has 0 aliphatic heterocycles. The normalized spacial score (nSPS) is 10.3. The van der Waals surface area contributed by atoms with Gasteiger partial charge in [0, 0.05) is 46.9 Å². The molecule has 2 amide bonds. The van der Waals surface area contributed by atoms with E-state index >= 15 is 0 Å². The lowest BCUT2D eigenvalue weighted by atomic mass is 10.1. The van der Waals surface area contributed by atoms with Gasteiger partial charge in [0.25, 0.3) is 5.91 Å². The lowest BCUT2D eigenvalue weighted by molar-refractivity contribution is -0.116. The van der Waals surface area contributed by atoms with Crippen LogP contribution in [0.1, 0.15) is 27.0 Å². The molecular weight excluding hydrogens is 489 g/mol. The summed E-state index contributed by atoms with van der Waals surface area (Å²) in [4.78, 5) is 24.3. The molecule has 0 saturated heterocycles. The number of carbonyl (C=O) groups excluding carboxylic acids is 2. The summed E-state index contributed by atoms with van der Waals surface area (Å²) in [7, 11) is 0. The van der Waals surface area contributed by atoms with Crippen LogP contribution in [0.4, 0.5) is 15.8 Å². The zero-order valence-electron chi connectivity index (χ0n) is 18.8. The van der Waals surface area contributed by atoms with Gasteiger partial charge in [0.15, 0.2) is 0 Å². The Hall–Kier alpha value is -3.74. The van der Waals surface area contributed by atoms with Crippen molar-refractivity contribution in [1.29, 1.82) is 5.26 Å². The van der Waals surface area contributed by atoms with Gasteiger partial charge in [-0.3, -0.25) is 9.59 Å². The number of hydrogen-bond acceptors (Lipinski definition) is 6. The van der Waals surface area contributed by atoms with Crippen molar-refractivity contribution < 1.29 is 14.0 Å². The maximum Gasteiger partial charge on any atom is 0.251 e. The Morgan fingerprint density at radius 1 is 1.11 bits per heavy atom. The molecule has 0 unspecified atom stereocenters. The highest BCUT2D eigenvalue weighted by molar-refractivity contribution is 8.00. The van der Waals surface area contributed by atoms with Crippen molar-refractivity contribution in [2.24, 2.45) is 5.73 Å². The Labute approximate surface area is 212 Å². The Morgan fingerprint density at radius 3 is 2.57 bits per heavy atom. The summed E-state index contributed by atoms with van der Waals surface area (Å²) in [6.07, 6.45) is 1.78.